The highest BCUT2D eigenvalue weighted by atomic mass is 32.2. The summed E-state index contributed by atoms with van der Waals surface area (Å²) in [5.74, 6) is 0. The summed E-state index contributed by atoms with van der Waals surface area (Å²) in [6.07, 6.45) is 3.25. The predicted octanol–water partition coefficient (Wildman–Crippen LogP) is 0.589. The Labute approximate surface area is 55.6 Å². The molecule has 0 rings (SSSR count). The second kappa shape index (κ2) is 3.63. The van der Waals surface area contributed by atoms with Crippen LogP contribution in [0.2, 0.25) is 0 Å². The van der Waals surface area contributed by atoms with Crippen LogP contribution >= 0.6 is 0 Å². The first-order chi connectivity index (χ1) is 4.06. The maximum atomic E-state index is 10.2. The van der Waals surface area contributed by atoms with Gasteiger partial charge in [0.15, 0.2) is 0 Å². The third-order valence-electron chi connectivity index (χ3n) is 0.741. The molecular weight excluding hydrogens is 138 g/mol. The zero-order chi connectivity index (χ0) is 7.33. The number of allylic oxidation sites excluding steroid dienone is 1. The van der Waals surface area contributed by atoms with Gasteiger partial charge in [0, 0.05) is 5.41 Å². The lowest BCUT2D eigenvalue weighted by molar-refractivity contribution is 0.606. The van der Waals surface area contributed by atoms with Crippen LogP contribution in [0.15, 0.2) is 11.5 Å². The lowest BCUT2D eigenvalue weighted by Gasteiger charge is -1.83. The van der Waals surface area contributed by atoms with E-state index in [1.807, 2.05) is 6.92 Å². The Morgan fingerprint density at radius 3 is 2.44 bits per heavy atom. The number of primary sulfonamides is 1. The fourth-order valence-electron chi connectivity index (χ4n) is 0.369. The first kappa shape index (κ1) is 8.65. The molecule has 0 amide bonds. The van der Waals surface area contributed by atoms with Gasteiger partial charge in [-0.15, -0.1) is 0 Å². The topological polar surface area (TPSA) is 60.2 Å². The lowest BCUT2D eigenvalue weighted by atomic mass is 10.3. The Bertz CT molecular complexity index is 181. The zero-order valence-corrected chi connectivity index (χ0v) is 6.19. The maximum Gasteiger partial charge on any atom is 0.230 e. The predicted molar refractivity (Wildman–Crippen MR) is 37.2 cm³/mol. The average Bonchev–Trinajstić information content (AvgIpc) is 1.63. The molecule has 0 saturated carbocycles. The van der Waals surface area contributed by atoms with Crippen molar-refractivity contribution in [1.82, 2.24) is 0 Å². The van der Waals surface area contributed by atoms with Gasteiger partial charge in [-0.25, -0.2) is 13.6 Å². The molecule has 0 bridgehead atoms. The largest absolute Gasteiger partial charge is 0.230 e. The van der Waals surface area contributed by atoms with Gasteiger partial charge in [0.1, 0.15) is 0 Å². The third kappa shape index (κ3) is 7.65. The zero-order valence-electron chi connectivity index (χ0n) is 5.37. The van der Waals surface area contributed by atoms with E-state index in [4.69, 9.17) is 0 Å². The number of unbranched alkanes of at least 4 members (excludes halogenated alkanes) is 1. The van der Waals surface area contributed by atoms with Gasteiger partial charge in [-0.1, -0.05) is 19.4 Å². The molecular formula is C5H11NO2S. The van der Waals surface area contributed by atoms with Crippen molar-refractivity contribution in [2.45, 2.75) is 19.8 Å². The molecule has 0 aromatic rings. The molecule has 0 aromatic carbocycles. The fraction of sp³-hybridized carbons (Fsp3) is 0.600. The van der Waals surface area contributed by atoms with Crippen LogP contribution in [-0.4, -0.2) is 8.42 Å². The lowest BCUT2D eigenvalue weighted by Crippen LogP contribution is -2.06. The molecule has 0 aliphatic rings. The quantitative estimate of drug-likeness (QED) is 0.638. The van der Waals surface area contributed by atoms with E-state index in [0.29, 0.717) is 0 Å². The van der Waals surface area contributed by atoms with Crippen LogP contribution in [0, 0.1) is 0 Å². The summed E-state index contributed by atoms with van der Waals surface area (Å²) in [6.45, 7) is 1.97. The minimum absolute atomic E-state index is 0.760. The monoisotopic (exact) mass is 149 g/mol. The van der Waals surface area contributed by atoms with Gasteiger partial charge in [0.2, 0.25) is 10.0 Å². The minimum atomic E-state index is -3.38. The molecule has 2 N–H and O–H groups in total. The van der Waals surface area contributed by atoms with E-state index in [-0.39, 0.29) is 0 Å². The van der Waals surface area contributed by atoms with Crippen LogP contribution in [0.25, 0.3) is 0 Å². The Kier molecular flexibility index (Phi) is 3.49. The van der Waals surface area contributed by atoms with Gasteiger partial charge in [-0.2, -0.15) is 0 Å². The highest BCUT2D eigenvalue weighted by molar-refractivity contribution is 7.92. The van der Waals surface area contributed by atoms with E-state index >= 15 is 0 Å². The smallest absolute Gasteiger partial charge is 0.225 e. The second-order valence-electron chi connectivity index (χ2n) is 1.75. The highest BCUT2D eigenvalue weighted by Gasteiger charge is 1.89. The first-order valence-corrected chi connectivity index (χ1v) is 4.36. The van der Waals surface area contributed by atoms with Crippen LogP contribution in [0.5, 0.6) is 0 Å². The summed E-state index contributed by atoms with van der Waals surface area (Å²) in [5, 5.41) is 5.69. The molecule has 0 radical (unpaired) electrons. The molecule has 0 aliphatic heterocycles. The Balaban J connectivity index is 3.73. The van der Waals surface area contributed by atoms with E-state index in [1.54, 1.807) is 6.08 Å². The van der Waals surface area contributed by atoms with E-state index in [9.17, 15) is 8.42 Å². The molecule has 54 valence electrons. The van der Waals surface area contributed by atoms with Crippen molar-refractivity contribution in [1.29, 1.82) is 0 Å². The van der Waals surface area contributed by atoms with Crippen molar-refractivity contribution in [3.8, 4) is 0 Å². The molecule has 0 fully saturated rings. The molecule has 0 atom stereocenters. The molecule has 0 heterocycles. The average molecular weight is 149 g/mol. The Hall–Kier alpha value is -0.350. The second-order valence-corrected chi connectivity index (χ2v) is 3.20. The summed E-state index contributed by atoms with van der Waals surface area (Å²) >= 11 is 0. The standard InChI is InChI=1S/C5H11NO2S/c1-2-3-4-5-9(6,7)8/h4-5H,2-3H2,1H3,(H2,6,7,8)/b5-4+. The first-order valence-electron chi connectivity index (χ1n) is 2.75. The number of sulfonamides is 1. The number of hydrogen-bond acceptors (Lipinski definition) is 2. The fourth-order valence-corrected chi connectivity index (χ4v) is 0.773. The third-order valence-corrected chi connectivity index (χ3v) is 1.31. The van der Waals surface area contributed by atoms with Crippen LogP contribution in [0.1, 0.15) is 19.8 Å². The van der Waals surface area contributed by atoms with Crippen molar-refractivity contribution in [2.24, 2.45) is 5.14 Å². The molecule has 0 aromatic heterocycles. The van der Waals surface area contributed by atoms with Crippen LogP contribution in [0.4, 0.5) is 0 Å². The Morgan fingerprint density at radius 1 is 1.56 bits per heavy atom. The summed E-state index contributed by atoms with van der Waals surface area (Å²) < 4.78 is 20.4. The van der Waals surface area contributed by atoms with E-state index in [1.165, 1.54) is 0 Å². The van der Waals surface area contributed by atoms with Crippen molar-refractivity contribution in [3.63, 3.8) is 0 Å². The van der Waals surface area contributed by atoms with E-state index in [2.05, 4.69) is 5.14 Å². The summed E-state index contributed by atoms with van der Waals surface area (Å²) in [7, 11) is -3.38. The van der Waals surface area contributed by atoms with Gasteiger partial charge < -0.3 is 0 Å². The SMILES string of the molecule is CCC/C=C/S(N)(=O)=O. The van der Waals surface area contributed by atoms with Crippen LogP contribution in [-0.2, 0) is 10.0 Å². The highest BCUT2D eigenvalue weighted by Crippen LogP contribution is 1.89. The summed E-state index contributed by atoms with van der Waals surface area (Å²) in [4.78, 5) is 0. The van der Waals surface area contributed by atoms with Crippen LogP contribution in [0.3, 0.4) is 0 Å². The molecule has 9 heavy (non-hydrogen) atoms. The van der Waals surface area contributed by atoms with E-state index < -0.39 is 10.0 Å². The summed E-state index contributed by atoms with van der Waals surface area (Å²) in [6, 6.07) is 0. The molecule has 3 nitrogen and oxygen atoms in total. The van der Waals surface area contributed by atoms with E-state index in [0.717, 1.165) is 18.2 Å². The van der Waals surface area contributed by atoms with Crippen molar-refractivity contribution < 1.29 is 8.42 Å². The molecule has 0 spiro atoms. The minimum Gasteiger partial charge on any atom is -0.225 e. The van der Waals surface area contributed by atoms with Gasteiger partial charge in [0.25, 0.3) is 0 Å². The normalized spacial score (nSPS) is 12.7. The van der Waals surface area contributed by atoms with Gasteiger partial charge in [-0.3, -0.25) is 0 Å². The van der Waals surface area contributed by atoms with Gasteiger partial charge in [-0.05, 0) is 6.42 Å². The van der Waals surface area contributed by atoms with Crippen molar-refractivity contribution >= 4 is 10.0 Å². The van der Waals surface area contributed by atoms with Gasteiger partial charge >= 0.3 is 0 Å². The molecule has 0 saturated heterocycles. The maximum absolute atomic E-state index is 10.2. The van der Waals surface area contributed by atoms with Crippen LogP contribution < -0.4 is 5.14 Å². The van der Waals surface area contributed by atoms with Crippen molar-refractivity contribution in [3.05, 3.63) is 11.5 Å². The molecule has 4 heteroatoms. The number of nitrogens with two attached hydrogens (primary N) is 1. The number of rotatable bonds is 3. The number of hydrogen-bond donors (Lipinski definition) is 1. The summed E-state index contributed by atoms with van der Waals surface area (Å²) in [5.41, 5.74) is 0. The molecule has 0 unspecified atom stereocenters. The van der Waals surface area contributed by atoms with Gasteiger partial charge in [0.05, 0.1) is 0 Å². The molecule has 0 aliphatic carbocycles. The van der Waals surface area contributed by atoms with Crippen molar-refractivity contribution in [2.75, 3.05) is 0 Å². The Morgan fingerprint density at radius 2 is 2.11 bits per heavy atom.